The van der Waals surface area contributed by atoms with Crippen LogP contribution in [0.1, 0.15) is 30.4 Å². The van der Waals surface area contributed by atoms with Gasteiger partial charge in [0, 0.05) is 18.0 Å². The summed E-state index contributed by atoms with van der Waals surface area (Å²) < 4.78 is 0. The van der Waals surface area contributed by atoms with E-state index >= 15 is 0 Å². The van der Waals surface area contributed by atoms with Gasteiger partial charge < -0.3 is 4.84 Å². The molecule has 5 heteroatoms. The molecule has 0 unspecified atom stereocenters. The van der Waals surface area contributed by atoms with Gasteiger partial charge in [0.2, 0.25) is 0 Å². The van der Waals surface area contributed by atoms with Gasteiger partial charge in [-0.25, -0.2) is 0 Å². The lowest BCUT2D eigenvalue weighted by Crippen LogP contribution is -2.02. The highest BCUT2D eigenvalue weighted by molar-refractivity contribution is 6.42. The van der Waals surface area contributed by atoms with Crippen molar-refractivity contribution in [3.05, 3.63) is 63.9 Å². The molecule has 0 radical (unpaired) electrons. The summed E-state index contributed by atoms with van der Waals surface area (Å²) in [4.78, 5) is 8.97. The Balaban J connectivity index is 1.92. The number of hydrogen-bond donors (Lipinski definition) is 0. The molecule has 116 valence electrons. The number of aromatic nitrogens is 1. The van der Waals surface area contributed by atoms with E-state index in [4.69, 9.17) is 28.0 Å². The number of benzene rings is 1. The quantitative estimate of drug-likeness (QED) is 0.398. The van der Waals surface area contributed by atoms with Gasteiger partial charge in [-0.2, -0.15) is 0 Å². The molecule has 0 spiro atoms. The van der Waals surface area contributed by atoms with Gasteiger partial charge in [0.05, 0.1) is 15.8 Å². The summed E-state index contributed by atoms with van der Waals surface area (Å²) in [5.41, 5.74) is 3.13. The topological polar surface area (TPSA) is 34.5 Å². The lowest BCUT2D eigenvalue weighted by Gasteiger charge is -2.07. The van der Waals surface area contributed by atoms with E-state index in [1.807, 2.05) is 36.7 Å². The van der Waals surface area contributed by atoms with Crippen LogP contribution < -0.4 is 0 Å². The normalized spacial score (nSPS) is 11.5. The van der Waals surface area contributed by atoms with Crippen molar-refractivity contribution >= 4 is 28.9 Å². The van der Waals surface area contributed by atoms with Crippen LogP contribution in [0.3, 0.4) is 0 Å². The van der Waals surface area contributed by atoms with Crippen LogP contribution in [0.2, 0.25) is 10.0 Å². The van der Waals surface area contributed by atoms with Crippen molar-refractivity contribution in [3.63, 3.8) is 0 Å². The van der Waals surface area contributed by atoms with Crippen molar-refractivity contribution in [2.45, 2.75) is 25.7 Å². The molecule has 0 aliphatic heterocycles. The minimum atomic E-state index is 0.528. The maximum Gasteiger partial charge on any atom is 0.106 e. The van der Waals surface area contributed by atoms with Crippen LogP contribution >= 0.6 is 23.2 Å². The lowest BCUT2D eigenvalue weighted by atomic mass is 10.0. The maximum absolute atomic E-state index is 6.07. The monoisotopic (exact) mass is 336 g/mol. The number of nitrogens with zero attached hydrogens (tertiary/aromatic N) is 2. The van der Waals surface area contributed by atoms with Crippen LogP contribution in [0.25, 0.3) is 0 Å². The first-order chi connectivity index (χ1) is 10.7. The minimum Gasteiger partial charge on any atom is -0.399 e. The van der Waals surface area contributed by atoms with Crippen LogP contribution in [0, 0.1) is 0 Å². The summed E-state index contributed by atoms with van der Waals surface area (Å²) in [5, 5.41) is 5.18. The van der Waals surface area contributed by atoms with E-state index < -0.39 is 0 Å². The average molecular weight is 337 g/mol. The van der Waals surface area contributed by atoms with Gasteiger partial charge in [-0.1, -0.05) is 34.4 Å². The van der Waals surface area contributed by atoms with Crippen LogP contribution in [-0.4, -0.2) is 17.8 Å². The Morgan fingerprint density at radius 1 is 1.09 bits per heavy atom. The Morgan fingerprint density at radius 3 is 2.55 bits per heavy atom. The first-order valence-corrected chi connectivity index (χ1v) is 7.90. The zero-order chi connectivity index (χ0) is 15.8. The highest BCUT2D eigenvalue weighted by atomic mass is 35.5. The summed E-state index contributed by atoms with van der Waals surface area (Å²) in [6.07, 6.45) is 7.60. The van der Waals surface area contributed by atoms with Crippen molar-refractivity contribution in [1.29, 1.82) is 0 Å². The molecule has 2 aromatic rings. The second-order valence-electron chi connectivity index (χ2n) is 4.91. The van der Waals surface area contributed by atoms with Gasteiger partial charge in [0.1, 0.15) is 7.11 Å². The first-order valence-electron chi connectivity index (χ1n) is 7.15. The van der Waals surface area contributed by atoms with Crippen LogP contribution in [-0.2, 0) is 11.3 Å². The van der Waals surface area contributed by atoms with E-state index in [1.165, 1.54) is 5.56 Å². The molecule has 3 nitrogen and oxygen atoms in total. The highest BCUT2D eigenvalue weighted by Gasteiger charge is 2.07. The summed E-state index contributed by atoms with van der Waals surface area (Å²) >= 11 is 12.0. The third kappa shape index (κ3) is 5.00. The fraction of sp³-hybridized carbons (Fsp3) is 0.294. The zero-order valence-electron chi connectivity index (χ0n) is 12.4. The summed E-state index contributed by atoms with van der Waals surface area (Å²) in [6.45, 7) is 0. The molecular formula is C17H18Cl2N2O. The van der Waals surface area contributed by atoms with Gasteiger partial charge in [-0.3, -0.25) is 4.98 Å². The lowest BCUT2D eigenvalue weighted by molar-refractivity contribution is 0.212. The van der Waals surface area contributed by atoms with E-state index in [-0.39, 0.29) is 0 Å². The molecule has 0 atom stereocenters. The molecule has 0 amide bonds. The smallest absolute Gasteiger partial charge is 0.106 e. The van der Waals surface area contributed by atoms with Gasteiger partial charge in [-0.15, -0.1) is 0 Å². The summed E-state index contributed by atoms with van der Waals surface area (Å²) in [5.74, 6) is 0. The fourth-order valence-electron chi connectivity index (χ4n) is 2.20. The third-order valence-electron chi connectivity index (χ3n) is 3.33. The molecule has 0 N–H and O–H groups in total. The second-order valence-corrected chi connectivity index (χ2v) is 5.73. The van der Waals surface area contributed by atoms with Crippen molar-refractivity contribution in [1.82, 2.24) is 4.98 Å². The number of halogens is 2. The first kappa shape index (κ1) is 16.8. The van der Waals surface area contributed by atoms with Gasteiger partial charge >= 0.3 is 0 Å². The van der Waals surface area contributed by atoms with Crippen molar-refractivity contribution in [2.24, 2.45) is 5.16 Å². The molecular weight excluding hydrogens is 319 g/mol. The van der Waals surface area contributed by atoms with Gasteiger partial charge in [-0.05, 0) is 55.5 Å². The Labute approximate surface area is 140 Å². The highest BCUT2D eigenvalue weighted by Crippen LogP contribution is 2.24. The maximum atomic E-state index is 6.07. The Bertz CT molecular complexity index is 630. The molecule has 0 bridgehead atoms. The van der Waals surface area contributed by atoms with Crippen molar-refractivity contribution < 1.29 is 4.84 Å². The Kier molecular flexibility index (Phi) is 6.69. The van der Waals surface area contributed by atoms with Gasteiger partial charge in [0.15, 0.2) is 0 Å². The molecule has 0 fully saturated rings. The van der Waals surface area contributed by atoms with E-state index in [9.17, 15) is 0 Å². The van der Waals surface area contributed by atoms with Crippen LogP contribution in [0.4, 0.5) is 0 Å². The fourth-order valence-corrected chi connectivity index (χ4v) is 2.50. The number of pyridine rings is 1. The van der Waals surface area contributed by atoms with E-state index in [2.05, 4.69) is 10.1 Å². The molecule has 0 aliphatic rings. The summed E-state index contributed by atoms with van der Waals surface area (Å²) in [6, 6.07) is 9.60. The molecule has 1 aromatic carbocycles. The predicted molar refractivity (Wildman–Crippen MR) is 91.8 cm³/mol. The third-order valence-corrected chi connectivity index (χ3v) is 4.07. The predicted octanol–water partition coefficient (Wildman–Crippen LogP) is 5.15. The molecule has 1 aromatic heterocycles. The minimum absolute atomic E-state index is 0.528. The Morgan fingerprint density at radius 2 is 1.86 bits per heavy atom. The number of aryl methyl sites for hydroxylation is 1. The van der Waals surface area contributed by atoms with Crippen LogP contribution in [0.15, 0.2) is 47.9 Å². The number of unbranched alkanes of at least 4 members (excludes halogenated alkanes) is 1. The van der Waals surface area contributed by atoms with E-state index in [0.717, 1.165) is 37.0 Å². The number of oxime groups is 1. The molecule has 0 saturated carbocycles. The number of rotatable bonds is 7. The largest absolute Gasteiger partial charge is 0.399 e. The summed E-state index contributed by atoms with van der Waals surface area (Å²) in [7, 11) is 1.55. The molecule has 2 rings (SSSR count). The molecule has 0 aliphatic carbocycles. The SMILES string of the molecule is CO/N=C(\CCCCc1ccncc1)c1ccc(Cl)c(Cl)c1. The van der Waals surface area contributed by atoms with Crippen molar-refractivity contribution in [2.75, 3.05) is 7.11 Å². The number of hydrogen-bond acceptors (Lipinski definition) is 3. The second kappa shape index (κ2) is 8.76. The van der Waals surface area contributed by atoms with E-state index in [0.29, 0.717) is 10.0 Å². The average Bonchev–Trinajstić information content (AvgIpc) is 2.54. The zero-order valence-corrected chi connectivity index (χ0v) is 13.9. The molecule has 22 heavy (non-hydrogen) atoms. The molecule has 0 saturated heterocycles. The molecule has 1 heterocycles. The van der Waals surface area contributed by atoms with Gasteiger partial charge in [0.25, 0.3) is 0 Å². The Hall–Kier alpha value is -1.58. The standard InChI is InChI=1S/C17H18Cl2N2O/c1-22-21-17(14-6-7-15(18)16(19)12-14)5-3-2-4-13-8-10-20-11-9-13/h6-12H,2-5H2,1H3/b21-17+. The van der Waals surface area contributed by atoms with Crippen LogP contribution in [0.5, 0.6) is 0 Å². The van der Waals surface area contributed by atoms with E-state index in [1.54, 1.807) is 13.2 Å². The van der Waals surface area contributed by atoms with Crippen molar-refractivity contribution in [3.8, 4) is 0 Å².